The summed E-state index contributed by atoms with van der Waals surface area (Å²) < 4.78 is 4.10. The van der Waals surface area contributed by atoms with E-state index >= 15 is 0 Å². The normalized spacial score (nSPS) is 14.5. The van der Waals surface area contributed by atoms with Gasteiger partial charge in [0, 0.05) is 42.3 Å². The maximum absolute atomic E-state index is 13.8. The average Bonchev–Trinajstić information content (AvgIpc) is 3.70. The second-order valence-electron chi connectivity index (χ2n) is 12.4. The average molecular weight is 610 g/mol. The Morgan fingerprint density at radius 1 is 1.02 bits per heavy atom. The Morgan fingerprint density at radius 3 is 2.45 bits per heavy atom. The number of halogens is 1. The second kappa shape index (κ2) is 11.2. The molecule has 3 heterocycles. The molecular weight excluding hydrogens is 574 g/mol. The van der Waals surface area contributed by atoms with Gasteiger partial charge in [0.05, 0.1) is 33.0 Å². The first kappa shape index (κ1) is 29.6. The SMILES string of the molecule is C/C(=C\c1ccc2nc(C(C)(C)NC(=O)c3ccc4c(C5CCCC5)c(-c5ccc(Cl)cn5)n(C)c4c3)n(C)c2c1)C(=O)O. The third-order valence-corrected chi connectivity index (χ3v) is 9.07. The molecule has 1 aliphatic rings. The molecule has 9 heteroatoms. The summed E-state index contributed by atoms with van der Waals surface area (Å²) in [6.45, 7) is 5.44. The Labute approximate surface area is 261 Å². The zero-order valence-corrected chi connectivity index (χ0v) is 26.4. The molecule has 2 N–H and O–H groups in total. The number of aryl methyl sites for hydroxylation is 2. The molecule has 0 unspecified atom stereocenters. The van der Waals surface area contributed by atoms with Gasteiger partial charge in [0.25, 0.3) is 5.91 Å². The Bertz CT molecular complexity index is 1960. The van der Waals surface area contributed by atoms with Crippen LogP contribution in [-0.4, -0.2) is 36.1 Å². The van der Waals surface area contributed by atoms with Gasteiger partial charge in [0.15, 0.2) is 0 Å². The third-order valence-electron chi connectivity index (χ3n) is 8.85. The number of nitrogens with one attached hydrogen (secondary N) is 1. The van der Waals surface area contributed by atoms with Gasteiger partial charge in [-0.1, -0.05) is 36.6 Å². The molecule has 8 nitrogen and oxygen atoms in total. The van der Waals surface area contributed by atoms with E-state index in [4.69, 9.17) is 16.6 Å². The van der Waals surface area contributed by atoms with E-state index in [1.807, 2.05) is 75.0 Å². The van der Waals surface area contributed by atoms with Gasteiger partial charge in [-0.05, 0) is 93.1 Å². The predicted octanol–water partition coefficient (Wildman–Crippen LogP) is 7.59. The van der Waals surface area contributed by atoms with E-state index in [9.17, 15) is 14.7 Å². The van der Waals surface area contributed by atoms with E-state index in [0.29, 0.717) is 22.3 Å². The molecule has 226 valence electrons. The number of imidazole rings is 1. The lowest BCUT2D eigenvalue weighted by molar-refractivity contribution is -0.132. The van der Waals surface area contributed by atoms with Gasteiger partial charge in [0.2, 0.25) is 0 Å². The molecule has 0 spiro atoms. The van der Waals surface area contributed by atoms with E-state index in [-0.39, 0.29) is 11.5 Å². The van der Waals surface area contributed by atoms with Crippen LogP contribution in [0.5, 0.6) is 0 Å². The molecule has 1 saturated carbocycles. The highest BCUT2D eigenvalue weighted by atomic mass is 35.5. The highest BCUT2D eigenvalue weighted by Gasteiger charge is 2.31. The fourth-order valence-electron chi connectivity index (χ4n) is 6.64. The van der Waals surface area contributed by atoms with E-state index in [0.717, 1.165) is 51.7 Å². The number of carbonyl (C=O) groups excluding carboxylic acids is 1. The van der Waals surface area contributed by atoms with Crippen molar-refractivity contribution in [2.75, 3.05) is 0 Å². The van der Waals surface area contributed by atoms with Crippen LogP contribution in [0.4, 0.5) is 0 Å². The van der Waals surface area contributed by atoms with Crippen molar-refractivity contribution in [1.82, 2.24) is 24.4 Å². The van der Waals surface area contributed by atoms with E-state index in [1.165, 1.54) is 18.4 Å². The van der Waals surface area contributed by atoms with Gasteiger partial charge in [0.1, 0.15) is 5.82 Å². The maximum atomic E-state index is 13.8. The largest absolute Gasteiger partial charge is 0.478 e. The van der Waals surface area contributed by atoms with Crippen LogP contribution >= 0.6 is 11.6 Å². The van der Waals surface area contributed by atoms with Crippen LogP contribution < -0.4 is 5.32 Å². The summed E-state index contributed by atoms with van der Waals surface area (Å²) in [5.41, 5.74) is 6.65. The first-order valence-electron chi connectivity index (χ1n) is 14.9. The van der Waals surface area contributed by atoms with E-state index in [1.54, 1.807) is 19.2 Å². The van der Waals surface area contributed by atoms with Crippen molar-refractivity contribution in [2.45, 2.75) is 57.9 Å². The Kier molecular flexibility index (Phi) is 7.58. The van der Waals surface area contributed by atoms with Crippen molar-refractivity contribution in [3.8, 4) is 11.4 Å². The topological polar surface area (TPSA) is 102 Å². The maximum Gasteiger partial charge on any atom is 0.331 e. The number of carboxylic acid groups (broad SMARTS) is 1. The van der Waals surface area contributed by atoms with Crippen LogP contribution in [0.2, 0.25) is 5.02 Å². The molecule has 0 radical (unpaired) electrons. The van der Waals surface area contributed by atoms with Crippen LogP contribution in [0.15, 0.2) is 60.3 Å². The lowest BCUT2D eigenvalue weighted by atomic mass is 9.93. The second-order valence-corrected chi connectivity index (χ2v) is 12.8. The van der Waals surface area contributed by atoms with Crippen LogP contribution in [-0.2, 0) is 24.4 Å². The summed E-state index contributed by atoms with van der Waals surface area (Å²) in [4.78, 5) is 34.6. The molecule has 0 saturated heterocycles. The molecular formula is C35H36ClN5O3. The first-order chi connectivity index (χ1) is 20.9. The van der Waals surface area contributed by atoms with Gasteiger partial charge in [-0.2, -0.15) is 0 Å². The van der Waals surface area contributed by atoms with Crippen molar-refractivity contribution < 1.29 is 14.7 Å². The summed E-state index contributed by atoms with van der Waals surface area (Å²) >= 11 is 6.16. The van der Waals surface area contributed by atoms with Crippen molar-refractivity contribution in [2.24, 2.45) is 14.1 Å². The minimum Gasteiger partial charge on any atom is -0.478 e. The highest BCUT2D eigenvalue weighted by Crippen LogP contribution is 2.44. The number of carboxylic acids is 1. The van der Waals surface area contributed by atoms with Gasteiger partial charge in [-0.3, -0.25) is 9.78 Å². The van der Waals surface area contributed by atoms with Gasteiger partial charge < -0.3 is 19.6 Å². The summed E-state index contributed by atoms with van der Waals surface area (Å²) in [7, 11) is 3.95. The predicted molar refractivity (Wildman–Crippen MR) is 175 cm³/mol. The van der Waals surface area contributed by atoms with Crippen LogP contribution in [0, 0.1) is 0 Å². The fraction of sp³-hybridized carbons (Fsp3) is 0.314. The summed E-state index contributed by atoms with van der Waals surface area (Å²) in [5.74, 6) is -0.0110. The number of aromatic nitrogens is 4. The molecule has 1 fully saturated rings. The van der Waals surface area contributed by atoms with Crippen molar-refractivity contribution >= 4 is 51.5 Å². The Hall–Kier alpha value is -4.43. The molecule has 5 aromatic rings. The lowest BCUT2D eigenvalue weighted by Crippen LogP contribution is -2.42. The molecule has 44 heavy (non-hydrogen) atoms. The first-order valence-corrected chi connectivity index (χ1v) is 15.3. The number of carbonyl (C=O) groups is 2. The number of amides is 1. The molecule has 2 aromatic carbocycles. The monoisotopic (exact) mass is 609 g/mol. The van der Waals surface area contributed by atoms with E-state index in [2.05, 4.69) is 20.9 Å². The van der Waals surface area contributed by atoms with Crippen LogP contribution in [0.25, 0.3) is 39.4 Å². The zero-order chi connectivity index (χ0) is 31.3. The minimum absolute atomic E-state index is 0.195. The molecule has 0 atom stereocenters. The summed E-state index contributed by atoms with van der Waals surface area (Å²) in [5, 5.41) is 14.2. The number of benzene rings is 2. The highest BCUT2D eigenvalue weighted by molar-refractivity contribution is 6.30. The number of hydrogen-bond donors (Lipinski definition) is 2. The summed E-state index contributed by atoms with van der Waals surface area (Å²) in [6.07, 6.45) is 8.03. The lowest BCUT2D eigenvalue weighted by Gasteiger charge is -2.26. The molecule has 3 aromatic heterocycles. The number of fused-ring (bicyclic) bond motifs is 2. The van der Waals surface area contributed by atoms with Gasteiger partial charge in [-0.15, -0.1) is 0 Å². The van der Waals surface area contributed by atoms with Crippen LogP contribution in [0.1, 0.15) is 79.7 Å². The molecule has 1 aliphatic carbocycles. The molecule has 0 aliphatic heterocycles. The number of rotatable bonds is 7. The number of nitrogens with zero attached hydrogens (tertiary/aromatic N) is 4. The van der Waals surface area contributed by atoms with E-state index < -0.39 is 11.5 Å². The quantitative estimate of drug-likeness (QED) is 0.185. The van der Waals surface area contributed by atoms with Crippen molar-refractivity contribution in [3.05, 3.63) is 87.8 Å². The van der Waals surface area contributed by atoms with Crippen molar-refractivity contribution in [1.29, 1.82) is 0 Å². The molecule has 0 bridgehead atoms. The fourth-order valence-corrected chi connectivity index (χ4v) is 6.75. The number of hydrogen-bond acceptors (Lipinski definition) is 4. The third kappa shape index (κ3) is 5.28. The van der Waals surface area contributed by atoms with Crippen molar-refractivity contribution in [3.63, 3.8) is 0 Å². The zero-order valence-electron chi connectivity index (χ0n) is 25.6. The van der Waals surface area contributed by atoms with Gasteiger partial charge in [-0.25, -0.2) is 9.78 Å². The smallest absolute Gasteiger partial charge is 0.331 e. The number of pyridine rings is 1. The van der Waals surface area contributed by atoms with Gasteiger partial charge >= 0.3 is 5.97 Å². The minimum atomic E-state index is -0.958. The van der Waals surface area contributed by atoms with Crippen LogP contribution in [0.3, 0.4) is 0 Å². The Morgan fingerprint density at radius 2 is 1.77 bits per heavy atom. The molecule has 6 rings (SSSR count). The number of aliphatic carboxylic acids is 1. The molecule has 1 amide bonds. The Balaban J connectivity index is 1.35. The standard InChI is InChI=1S/C35H36ClN5O3/c1-20(33(43)44)16-21-10-14-26-29(17-21)41(5)34(38-26)35(2,3)39-32(42)23-11-13-25-28(18-23)40(4)31(27-15-12-24(36)19-37-27)30(25)22-8-6-7-9-22/h10-19,22H,6-9H2,1-5H3,(H,39,42)(H,43,44)/b20-16+. The summed E-state index contributed by atoms with van der Waals surface area (Å²) in [6, 6.07) is 15.4.